The number of hydrogen-bond acceptors (Lipinski definition) is 5. The number of rotatable bonds is 6. The minimum absolute atomic E-state index is 0.133. The third-order valence-electron chi connectivity index (χ3n) is 3.77. The Hall–Kier alpha value is -2.47. The minimum Gasteiger partial charge on any atom is -0.424 e. The number of carbonyl (C=O) groups excluding carboxylic acids is 1. The summed E-state index contributed by atoms with van der Waals surface area (Å²) < 4.78 is 5.56. The second kappa shape index (κ2) is 7.69. The first-order chi connectivity index (χ1) is 11.0. The summed E-state index contributed by atoms with van der Waals surface area (Å²) in [6.07, 6.45) is 4.08. The Morgan fingerprint density at radius 3 is 2.65 bits per heavy atom. The van der Waals surface area contributed by atoms with Crippen molar-refractivity contribution >= 4 is 11.6 Å². The van der Waals surface area contributed by atoms with E-state index in [0.29, 0.717) is 5.75 Å². The molecule has 0 saturated heterocycles. The van der Waals surface area contributed by atoms with Crippen LogP contribution in [0, 0.1) is 12.8 Å². The van der Waals surface area contributed by atoms with E-state index in [1.807, 2.05) is 26.8 Å². The highest BCUT2D eigenvalue weighted by molar-refractivity contribution is 5.95. The van der Waals surface area contributed by atoms with E-state index in [9.17, 15) is 4.79 Å². The fourth-order valence-electron chi connectivity index (χ4n) is 2.01. The molecule has 6 nitrogen and oxygen atoms in total. The van der Waals surface area contributed by atoms with Gasteiger partial charge in [0, 0.05) is 18.1 Å². The van der Waals surface area contributed by atoms with Crippen molar-refractivity contribution in [3.63, 3.8) is 0 Å². The van der Waals surface area contributed by atoms with Crippen LogP contribution in [0.2, 0.25) is 0 Å². The van der Waals surface area contributed by atoms with Crippen molar-refractivity contribution in [3.05, 3.63) is 42.2 Å². The zero-order valence-electron chi connectivity index (χ0n) is 13.6. The van der Waals surface area contributed by atoms with Crippen molar-refractivity contribution in [2.24, 2.45) is 11.7 Å². The van der Waals surface area contributed by atoms with Gasteiger partial charge in [-0.3, -0.25) is 4.79 Å². The van der Waals surface area contributed by atoms with Gasteiger partial charge in [0.05, 0.1) is 6.04 Å². The van der Waals surface area contributed by atoms with Crippen molar-refractivity contribution in [3.8, 4) is 11.8 Å². The van der Waals surface area contributed by atoms with Crippen molar-refractivity contribution < 1.29 is 9.53 Å². The van der Waals surface area contributed by atoms with Gasteiger partial charge in [0.15, 0.2) is 0 Å². The Kier molecular flexibility index (Phi) is 5.65. The maximum absolute atomic E-state index is 12.2. The normalized spacial score (nSPS) is 13.2. The maximum atomic E-state index is 12.2. The fraction of sp³-hybridized carbons (Fsp3) is 0.353. The molecule has 1 amide bonds. The van der Waals surface area contributed by atoms with Crippen molar-refractivity contribution in [2.75, 3.05) is 5.32 Å². The highest BCUT2D eigenvalue weighted by atomic mass is 16.5. The van der Waals surface area contributed by atoms with Gasteiger partial charge in [-0.15, -0.1) is 0 Å². The van der Waals surface area contributed by atoms with E-state index >= 15 is 0 Å². The monoisotopic (exact) mass is 314 g/mol. The third kappa shape index (κ3) is 4.50. The van der Waals surface area contributed by atoms with E-state index in [0.717, 1.165) is 17.7 Å². The number of aromatic nitrogens is 2. The average molecular weight is 314 g/mol. The molecule has 3 N–H and O–H groups in total. The smallest absolute Gasteiger partial charge is 0.321 e. The zero-order chi connectivity index (χ0) is 16.8. The van der Waals surface area contributed by atoms with Crippen molar-refractivity contribution in [1.29, 1.82) is 0 Å². The molecule has 1 aromatic heterocycles. The molecule has 0 aliphatic rings. The largest absolute Gasteiger partial charge is 0.424 e. The van der Waals surface area contributed by atoms with Crippen LogP contribution in [0.25, 0.3) is 0 Å². The summed E-state index contributed by atoms with van der Waals surface area (Å²) in [5, 5.41) is 2.87. The van der Waals surface area contributed by atoms with Crippen LogP contribution < -0.4 is 15.8 Å². The number of benzene rings is 1. The molecular formula is C17H22N4O2. The van der Waals surface area contributed by atoms with E-state index in [1.165, 1.54) is 0 Å². The number of nitrogens with two attached hydrogens (primary N) is 1. The number of nitrogens with one attached hydrogen (secondary N) is 1. The van der Waals surface area contributed by atoms with Gasteiger partial charge in [-0.25, -0.2) is 9.97 Å². The van der Waals surface area contributed by atoms with Crippen LogP contribution in [0.4, 0.5) is 5.69 Å². The standard InChI is InChI=1S/C17H22N4O2/c1-4-11(2)15(18)16(22)21-14-7-6-13(10-12(14)3)23-17-19-8-5-9-20-17/h5-11,15H,4,18H2,1-3H3,(H,21,22). The molecule has 0 spiro atoms. The lowest BCUT2D eigenvalue weighted by molar-refractivity contribution is -0.118. The lowest BCUT2D eigenvalue weighted by Crippen LogP contribution is -2.40. The van der Waals surface area contributed by atoms with Gasteiger partial charge in [0.2, 0.25) is 5.91 Å². The molecule has 2 aromatic rings. The molecule has 6 heteroatoms. The summed E-state index contributed by atoms with van der Waals surface area (Å²) in [6, 6.07) is 6.84. The van der Waals surface area contributed by atoms with Gasteiger partial charge >= 0.3 is 6.01 Å². The van der Waals surface area contributed by atoms with Crippen LogP contribution in [-0.2, 0) is 4.79 Å². The summed E-state index contributed by atoms with van der Waals surface area (Å²) in [6.45, 7) is 5.87. The SMILES string of the molecule is CCC(C)C(N)C(=O)Nc1ccc(Oc2ncccn2)cc1C. The quantitative estimate of drug-likeness (QED) is 0.855. The predicted molar refractivity (Wildman–Crippen MR) is 89.3 cm³/mol. The minimum atomic E-state index is -0.520. The molecule has 0 bridgehead atoms. The second-order valence-electron chi connectivity index (χ2n) is 5.51. The molecule has 0 saturated carbocycles. The Morgan fingerprint density at radius 2 is 2.04 bits per heavy atom. The van der Waals surface area contributed by atoms with Crippen molar-refractivity contribution in [1.82, 2.24) is 9.97 Å². The summed E-state index contributed by atoms with van der Waals surface area (Å²) in [4.78, 5) is 20.2. The van der Waals surface area contributed by atoms with Crippen LogP contribution in [0.3, 0.4) is 0 Å². The molecule has 2 rings (SSSR count). The first kappa shape index (κ1) is 16.9. The number of anilines is 1. The number of amides is 1. The van der Waals surface area contributed by atoms with E-state index in [4.69, 9.17) is 10.5 Å². The van der Waals surface area contributed by atoms with E-state index < -0.39 is 6.04 Å². The lowest BCUT2D eigenvalue weighted by Gasteiger charge is -2.18. The number of ether oxygens (including phenoxy) is 1. The Labute approximate surface area is 136 Å². The molecule has 23 heavy (non-hydrogen) atoms. The van der Waals surface area contributed by atoms with Gasteiger partial charge in [-0.1, -0.05) is 20.3 Å². The van der Waals surface area contributed by atoms with E-state index in [1.54, 1.807) is 30.6 Å². The maximum Gasteiger partial charge on any atom is 0.321 e. The number of carbonyl (C=O) groups is 1. The number of nitrogens with zero attached hydrogens (tertiary/aromatic N) is 2. The third-order valence-corrected chi connectivity index (χ3v) is 3.77. The van der Waals surface area contributed by atoms with Crippen LogP contribution in [0.15, 0.2) is 36.7 Å². The number of aryl methyl sites for hydroxylation is 1. The summed E-state index contributed by atoms with van der Waals surface area (Å²) in [5.74, 6) is 0.563. The summed E-state index contributed by atoms with van der Waals surface area (Å²) >= 11 is 0. The van der Waals surface area contributed by atoms with Gasteiger partial charge < -0.3 is 15.8 Å². The number of hydrogen-bond donors (Lipinski definition) is 2. The lowest BCUT2D eigenvalue weighted by atomic mass is 9.99. The van der Waals surface area contributed by atoms with E-state index in [-0.39, 0.29) is 17.8 Å². The first-order valence-corrected chi connectivity index (χ1v) is 7.63. The predicted octanol–water partition coefficient (Wildman–Crippen LogP) is 2.89. The Bertz CT molecular complexity index is 661. The molecule has 1 heterocycles. The van der Waals surface area contributed by atoms with Gasteiger partial charge in [-0.05, 0) is 42.7 Å². The zero-order valence-corrected chi connectivity index (χ0v) is 13.6. The van der Waals surface area contributed by atoms with E-state index in [2.05, 4.69) is 15.3 Å². The average Bonchev–Trinajstić information content (AvgIpc) is 2.56. The molecule has 0 aliphatic heterocycles. The fourth-order valence-corrected chi connectivity index (χ4v) is 2.01. The molecule has 2 atom stereocenters. The highest BCUT2D eigenvalue weighted by Crippen LogP contribution is 2.24. The second-order valence-corrected chi connectivity index (χ2v) is 5.51. The molecule has 122 valence electrons. The topological polar surface area (TPSA) is 90.1 Å². The van der Waals surface area contributed by atoms with Gasteiger partial charge in [-0.2, -0.15) is 0 Å². The molecular weight excluding hydrogens is 292 g/mol. The van der Waals surface area contributed by atoms with Crippen molar-refractivity contribution in [2.45, 2.75) is 33.2 Å². The molecule has 0 radical (unpaired) electrons. The summed E-state index contributed by atoms with van der Waals surface area (Å²) in [7, 11) is 0. The first-order valence-electron chi connectivity index (χ1n) is 7.63. The molecule has 2 unspecified atom stereocenters. The van der Waals surface area contributed by atoms with Crippen LogP contribution >= 0.6 is 0 Å². The van der Waals surface area contributed by atoms with Gasteiger partial charge in [0.25, 0.3) is 0 Å². The molecule has 0 aliphatic carbocycles. The van der Waals surface area contributed by atoms with Crippen LogP contribution in [-0.4, -0.2) is 21.9 Å². The molecule has 0 fully saturated rings. The molecule has 1 aromatic carbocycles. The van der Waals surface area contributed by atoms with Gasteiger partial charge in [0.1, 0.15) is 5.75 Å². The Morgan fingerprint density at radius 1 is 1.35 bits per heavy atom. The Balaban J connectivity index is 2.06. The van der Waals surface area contributed by atoms with Crippen LogP contribution in [0.1, 0.15) is 25.8 Å². The highest BCUT2D eigenvalue weighted by Gasteiger charge is 2.20. The summed E-state index contributed by atoms with van der Waals surface area (Å²) in [5.41, 5.74) is 7.54. The van der Waals surface area contributed by atoms with Crippen LogP contribution in [0.5, 0.6) is 11.8 Å².